The number of imidazole rings is 1. The molecule has 2 aromatic heterocycles. The summed E-state index contributed by atoms with van der Waals surface area (Å²) in [4.78, 5) is 14.7. The van der Waals surface area contributed by atoms with E-state index in [1.807, 2.05) is 16.5 Å². The van der Waals surface area contributed by atoms with Crippen molar-refractivity contribution in [3.05, 3.63) is 30.2 Å². The summed E-state index contributed by atoms with van der Waals surface area (Å²) in [5, 5.41) is 8.63. The number of aryl methyl sites for hydroxylation is 1. The molecule has 0 saturated heterocycles. The first kappa shape index (κ1) is 10.5. The van der Waals surface area contributed by atoms with Crippen molar-refractivity contribution in [2.75, 3.05) is 7.11 Å². The van der Waals surface area contributed by atoms with Gasteiger partial charge in [-0.05, 0) is 12.1 Å². The molecule has 0 aliphatic carbocycles. The van der Waals surface area contributed by atoms with E-state index in [1.54, 1.807) is 19.5 Å². The monoisotopic (exact) mass is 220 g/mol. The highest BCUT2D eigenvalue weighted by Crippen LogP contribution is 2.15. The molecule has 0 bridgehead atoms. The number of aromatic nitrogens is 2. The summed E-state index contributed by atoms with van der Waals surface area (Å²) in [6.45, 7) is 0. The first-order valence-corrected chi connectivity index (χ1v) is 4.92. The van der Waals surface area contributed by atoms with E-state index in [2.05, 4.69) is 4.98 Å². The van der Waals surface area contributed by atoms with Crippen molar-refractivity contribution in [2.45, 2.75) is 12.8 Å². The summed E-state index contributed by atoms with van der Waals surface area (Å²) in [6.07, 6.45) is 4.06. The van der Waals surface area contributed by atoms with Crippen LogP contribution in [0.5, 0.6) is 5.75 Å². The van der Waals surface area contributed by atoms with Gasteiger partial charge in [0.15, 0.2) is 0 Å². The molecule has 84 valence electrons. The normalized spacial score (nSPS) is 10.6. The van der Waals surface area contributed by atoms with Gasteiger partial charge in [-0.1, -0.05) is 0 Å². The number of rotatable bonds is 4. The third-order valence-electron chi connectivity index (χ3n) is 2.39. The first-order valence-electron chi connectivity index (χ1n) is 4.92. The van der Waals surface area contributed by atoms with Gasteiger partial charge in [-0.2, -0.15) is 0 Å². The molecule has 2 aromatic rings. The number of ether oxygens (including phenoxy) is 1. The van der Waals surface area contributed by atoms with Gasteiger partial charge in [0.25, 0.3) is 0 Å². The Morgan fingerprint density at radius 1 is 1.56 bits per heavy atom. The number of pyridine rings is 1. The van der Waals surface area contributed by atoms with Crippen molar-refractivity contribution in [2.24, 2.45) is 0 Å². The molecular weight excluding hydrogens is 208 g/mol. The second-order valence-corrected chi connectivity index (χ2v) is 3.44. The van der Waals surface area contributed by atoms with Gasteiger partial charge in [0.05, 0.1) is 19.7 Å². The molecule has 0 atom stereocenters. The Kier molecular flexibility index (Phi) is 2.76. The van der Waals surface area contributed by atoms with Gasteiger partial charge in [-0.15, -0.1) is 0 Å². The topological polar surface area (TPSA) is 63.8 Å². The van der Waals surface area contributed by atoms with Gasteiger partial charge in [0.1, 0.15) is 11.4 Å². The predicted octanol–water partition coefficient (Wildman–Crippen LogP) is 1.36. The fraction of sp³-hybridized carbons (Fsp3) is 0.273. The largest absolute Gasteiger partial charge is 0.495 e. The molecule has 0 spiro atoms. The fourth-order valence-corrected chi connectivity index (χ4v) is 1.55. The van der Waals surface area contributed by atoms with Crippen molar-refractivity contribution in [3.63, 3.8) is 0 Å². The zero-order valence-corrected chi connectivity index (χ0v) is 8.88. The fourth-order valence-electron chi connectivity index (χ4n) is 1.55. The Morgan fingerprint density at radius 2 is 2.38 bits per heavy atom. The highest BCUT2D eigenvalue weighted by molar-refractivity contribution is 5.67. The molecule has 16 heavy (non-hydrogen) atoms. The van der Waals surface area contributed by atoms with Crippen molar-refractivity contribution in [3.8, 4) is 5.75 Å². The van der Waals surface area contributed by atoms with Crippen LogP contribution in [0, 0.1) is 0 Å². The van der Waals surface area contributed by atoms with Crippen LogP contribution in [-0.4, -0.2) is 27.6 Å². The first-order chi connectivity index (χ1) is 7.70. The number of fused-ring (bicyclic) bond motifs is 1. The Balaban J connectivity index is 2.34. The second-order valence-electron chi connectivity index (χ2n) is 3.44. The van der Waals surface area contributed by atoms with Crippen LogP contribution in [0.1, 0.15) is 12.1 Å². The van der Waals surface area contributed by atoms with E-state index in [-0.39, 0.29) is 6.42 Å². The molecule has 0 fully saturated rings. The molecule has 0 aliphatic heterocycles. The van der Waals surface area contributed by atoms with Crippen molar-refractivity contribution in [1.29, 1.82) is 0 Å². The van der Waals surface area contributed by atoms with Gasteiger partial charge in [-0.3, -0.25) is 4.79 Å². The van der Waals surface area contributed by atoms with Gasteiger partial charge in [0, 0.05) is 18.3 Å². The predicted molar refractivity (Wildman–Crippen MR) is 57.7 cm³/mol. The molecule has 5 nitrogen and oxygen atoms in total. The van der Waals surface area contributed by atoms with Crippen LogP contribution < -0.4 is 4.74 Å². The van der Waals surface area contributed by atoms with Crippen LogP contribution in [0.4, 0.5) is 0 Å². The lowest BCUT2D eigenvalue weighted by atomic mass is 10.2. The summed E-state index contributed by atoms with van der Waals surface area (Å²) in [7, 11) is 1.59. The van der Waals surface area contributed by atoms with E-state index < -0.39 is 5.97 Å². The van der Waals surface area contributed by atoms with E-state index in [4.69, 9.17) is 9.84 Å². The van der Waals surface area contributed by atoms with Crippen LogP contribution >= 0.6 is 0 Å². The Bertz CT molecular complexity index is 519. The average molecular weight is 220 g/mol. The minimum atomic E-state index is -0.808. The van der Waals surface area contributed by atoms with Crippen LogP contribution in [0.15, 0.2) is 24.5 Å². The SMILES string of the molecule is COc1ccc2ncc(CCC(=O)O)n2c1. The van der Waals surface area contributed by atoms with E-state index in [0.29, 0.717) is 6.42 Å². The Hall–Kier alpha value is -2.04. The molecule has 1 N–H and O–H groups in total. The molecule has 0 saturated carbocycles. The van der Waals surface area contributed by atoms with Gasteiger partial charge in [0.2, 0.25) is 0 Å². The molecule has 2 heterocycles. The highest BCUT2D eigenvalue weighted by Gasteiger charge is 2.06. The number of hydrogen-bond donors (Lipinski definition) is 1. The number of carbonyl (C=O) groups is 1. The lowest BCUT2D eigenvalue weighted by Crippen LogP contribution is -2.00. The van der Waals surface area contributed by atoms with Crippen LogP contribution in [-0.2, 0) is 11.2 Å². The number of methoxy groups -OCH3 is 1. The smallest absolute Gasteiger partial charge is 0.303 e. The summed E-state index contributed by atoms with van der Waals surface area (Å²) in [5.41, 5.74) is 1.66. The van der Waals surface area contributed by atoms with Gasteiger partial charge >= 0.3 is 5.97 Å². The van der Waals surface area contributed by atoms with Crippen molar-refractivity contribution < 1.29 is 14.6 Å². The molecule has 0 aromatic carbocycles. The molecular formula is C11H12N2O3. The van der Waals surface area contributed by atoms with E-state index in [9.17, 15) is 4.79 Å². The third kappa shape index (κ3) is 1.98. The van der Waals surface area contributed by atoms with Gasteiger partial charge < -0.3 is 14.2 Å². The van der Waals surface area contributed by atoms with Gasteiger partial charge in [-0.25, -0.2) is 4.98 Å². The maximum atomic E-state index is 10.5. The lowest BCUT2D eigenvalue weighted by molar-refractivity contribution is -0.136. The molecule has 0 amide bonds. The van der Waals surface area contributed by atoms with Crippen molar-refractivity contribution >= 4 is 11.6 Å². The average Bonchev–Trinajstić information content (AvgIpc) is 2.68. The zero-order valence-electron chi connectivity index (χ0n) is 8.88. The summed E-state index contributed by atoms with van der Waals surface area (Å²) in [5.74, 6) is -0.0834. The molecule has 0 radical (unpaired) electrons. The standard InChI is InChI=1S/C11H12N2O3/c1-16-9-3-4-10-12-6-8(13(10)7-9)2-5-11(14)15/h3-4,6-7H,2,5H2,1H3,(H,14,15). The van der Waals surface area contributed by atoms with E-state index >= 15 is 0 Å². The van der Waals surface area contributed by atoms with Crippen LogP contribution in [0.25, 0.3) is 5.65 Å². The maximum absolute atomic E-state index is 10.5. The maximum Gasteiger partial charge on any atom is 0.303 e. The summed E-state index contributed by atoms with van der Waals surface area (Å²) in [6, 6.07) is 3.66. The minimum Gasteiger partial charge on any atom is -0.495 e. The molecule has 0 aliphatic rings. The molecule has 2 rings (SSSR count). The molecule has 0 unspecified atom stereocenters. The van der Waals surface area contributed by atoms with Crippen LogP contribution in [0.3, 0.4) is 0 Å². The Morgan fingerprint density at radius 3 is 3.06 bits per heavy atom. The number of carboxylic acids is 1. The van der Waals surface area contributed by atoms with Crippen LogP contribution in [0.2, 0.25) is 0 Å². The number of aliphatic carboxylic acids is 1. The number of carboxylic acid groups (broad SMARTS) is 1. The minimum absolute atomic E-state index is 0.102. The van der Waals surface area contributed by atoms with Crippen molar-refractivity contribution in [1.82, 2.24) is 9.38 Å². The van der Waals surface area contributed by atoms with E-state index in [1.165, 1.54) is 0 Å². The Labute approximate surface area is 92.3 Å². The molecule has 5 heteroatoms. The summed E-state index contributed by atoms with van der Waals surface area (Å²) >= 11 is 0. The van der Waals surface area contributed by atoms with E-state index in [0.717, 1.165) is 17.1 Å². The zero-order chi connectivity index (χ0) is 11.5. The quantitative estimate of drug-likeness (QED) is 0.845. The summed E-state index contributed by atoms with van der Waals surface area (Å²) < 4.78 is 6.96. The number of nitrogens with zero attached hydrogens (tertiary/aromatic N) is 2. The lowest BCUT2D eigenvalue weighted by Gasteiger charge is -2.03. The second kappa shape index (κ2) is 4.22. The third-order valence-corrected chi connectivity index (χ3v) is 2.39. The highest BCUT2D eigenvalue weighted by atomic mass is 16.5. The number of hydrogen-bond acceptors (Lipinski definition) is 3.